The lowest BCUT2D eigenvalue weighted by atomic mass is 10.2. The molecule has 0 aliphatic heterocycles. The van der Waals surface area contributed by atoms with E-state index in [4.69, 9.17) is 4.84 Å². The first kappa shape index (κ1) is 14.1. The number of hydroxylamine groups is 1. The van der Waals surface area contributed by atoms with Gasteiger partial charge in [0.15, 0.2) is 0 Å². The number of hydrogen-bond donors (Lipinski definition) is 2. The van der Waals surface area contributed by atoms with Crippen LogP contribution in [-0.2, 0) is 11.3 Å². The molecule has 6 heteroatoms. The van der Waals surface area contributed by atoms with Gasteiger partial charge < -0.3 is 5.11 Å². The molecule has 0 aliphatic rings. The highest BCUT2D eigenvalue weighted by atomic mass is 32.1. The Morgan fingerprint density at radius 2 is 2.24 bits per heavy atom. The van der Waals surface area contributed by atoms with E-state index in [0.717, 1.165) is 11.4 Å². The minimum atomic E-state index is -0.968. The molecule has 2 N–H and O–H groups in total. The van der Waals surface area contributed by atoms with Crippen LogP contribution in [0.1, 0.15) is 41.1 Å². The minimum Gasteiger partial charge on any atom is -0.388 e. The molecule has 0 spiro atoms. The Hall–Kier alpha value is -0.980. The average Bonchev–Trinajstić information content (AvgIpc) is 2.57. The second-order valence-corrected chi connectivity index (χ2v) is 5.49. The summed E-state index contributed by atoms with van der Waals surface area (Å²) >= 11 is 1.36. The number of carbonyl (C=O) groups excluding carboxylic acids is 1. The van der Waals surface area contributed by atoms with Crippen molar-refractivity contribution in [3.63, 3.8) is 0 Å². The summed E-state index contributed by atoms with van der Waals surface area (Å²) in [5.41, 5.74) is 2.04. The molecule has 5 nitrogen and oxygen atoms in total. The van der Waals surface area contributed by atoms with Gasteiger partial charge >= 0.3 is 0 Å². The van der Waals surface area contributed by atoms with Crippen LogP contribution < -0.4 is 5.48 Å². The SMILES string of the molecule is CCc1nc(C)c(C(=O)NOCC(C)(C)O)s1. The molecule has 96 valence electrons. The summed E-state index contributed by atoms with van der Waals surface area (Å²) in [6, 6.07) is 0. The number of nitrogens with one attached hydrogen (secondary N) is 1. The number of hydrogen-bond acceptors (Lipinski definition) is 5. The van der Waals surface area contributed by atoms with Crippen LogP contribution in [0.2, 0.25) is 0 Å². The fraction of sp³-hybridized carbons (Fsp3) is 0.636. The zero-order chi connectivity index (χ0) is 13.1. The van der Waals surface area contributed by atoms with E-state index >= 15 is 0 Å². The zero-order valence-corrected chi connectivity index (χ0v) is 11.3. The summed E-state index contributed by atoms with van der Waals surface area (Å²) in [7, 11) is 0. The largest absolute Gasteiger partial charge is 0.388 e. The monoisotopic (exact) mass is 258 g/mol. The molecule has 0 unspecified atom stereocenters. The summed E-state index contributed by atoms with van der Waals surface area (Å²) in [6.07, 6.45) is 0.809. The first-order valence-corrected chi connectivity index (χ1v) is 6.26. The standard InChI is InChI=1S/C11H18N2O3S/c1-5-8-12-7(2)9(17-8)10(14)13-16-6-11(3,4)15/h15H,5-6H2,1-4H3,(H,13,14). The highest BCUT2D eigenvalue weighted by Gasteiger charge is 2.17. The van der Waals surface area contributed by atoms with Crippen molar-refractivity contribution in [3.8, 4) is 0 Å². The summed E-state index contributed by atoms with van der Waals surface area (Å²) in [4.78, 5) is 21.5. The van der Waals surface area contributed by atoms with E-state index in [-0.39, 0.29) is 12.5 Å². The van der Waals surface area contributed by atoms with Crippen molar-refractivity contribution in [1.29, 1.82) is 0 Å². The number of thiazole rings is 1. The van der Waals surface area contributed by atoms with E-state index in [1.165, 1.54) is 11.3 Å². The third kappa shape index (κ3) is 4.41. The molecule has 0 saturated carbocycles. The molecule has 1 aromatic heterocycles. The van der Waals surface area contributed by atoms with Gasteiger partial charge in [-0.15, -0.1) is 11.3 Å². The van der Waals surface area contributed by atoms with E-state index in [0.29, 0.717) is 10.6 Å². The Balaban J connectivity index is 2.55. The minimum absolute atomic E-state index is 0.0389. The van der Waals surface area contributed by atoms with E-state index in [9.17, 15) is 9.90 Å². The molecule has 1 amide bonds. The number of aliphatic hydroxyl groups is 1. The third-order valence-electron chi connectivity index (χ3n) is 1.94. The second-order valence-electron chi connectivity index (χ2n) is 4.41. The predicted octanol–water partition coefficient (Wildman–Crippen LogP) is 1.45. The molecule has 1 rings (SSSR count). The molecule has 0 aromatic carbocycles. The molecular weight excluding hydrogens is 240 g/mol. The van der Waals surface area contributed by atoms with Gasteiger partial charge in [-0.25, -0.2) is 10.5 Å². The predicted molar refractivity (Wildman–Crippen MR) is 65.9 cm³/mol. The molecule has 0 saturated heterocycles. The van der Waals surface area contributed by atoms with Crippen LogP contribution in [0.3, 0.4) is 0 Å². The fourth-order valence-corrected chi connectivity index (χ4v) is 2.03. The van der Waals surface area contributed by atoms with Crippen LogP contribution in [0.5, 0.6) is 0 Å². The van der Waals surface area contributed by atoms with Gasteiger partial charge in [0.2, 0.25) is 0 Å². The lowest BCUT2D eigenvalue weighted by Gasteiger charge is -2.16. The maximum Gasteiger partial charge on any atom is 0.286 e. The number of rotatable bonds is 5. The average molecular weight is 258 g/mol. The Kier molecular flexibility index (Phi) is 4.62. The van der Waals surface area contributed by atoms with E-state index in [1.807, 2.05) is 6.92 Å². The quantitative estimate of drug-likeness (QED) is 0.784. The van der Waals surface area contributed by atoms with Gasteiger partial charge in [0, 0.05) is 0 Å². The van der Waals surface area contributed by atoms with Crippen molar-refractivity contribution in [1.82, 2.24) is 10.5 Å². The lowest BCUT2D eigenvalue weighted by Crippen LogP contribution is -2.33. The molecule has 0 fully saturated rings. The van der Waals surface area contributed by atoms with Gasteiger partial charge in [0.25, 0.3) is 5.91 Å². The molecule has 1 heterocycles. The van der Waals surface area contributed by atoms with Crippen molar-refractivity contribution >= 4 is 17.2 Å². The smallest absolute Gasteiger partial charge is 0.286 e. The number of aromatic nitrogens is 1. The van der Waals surface area contributed by atoms with Crippen LogP contribution in [0.4, 0.5) is 0 Å². The summed E-state index contributed by atoms with van der Waals surface area (Å²) in [5.74, 6) is -0.316. The van der Waals surface area contributed by atoms with Gasteiger partial charge in [-0.1, -0.05) is 6.92 Å². The van der Waals surface area contributed by atoms with E-state index in [2.05, 4.69) is 10.5 Å². The van der Waals surface area contributed by atoms with Crippen LogP contribution in [-0.4, -0.2) is 28.2 Å². The molecule has 1 aromatic rings. The van der Waals surface area contributed by atoms with E-state index in [1.54, 1.807) is 20.8 Å². The normalized spacial score (nSPS) is 11.6. The van der Waals surface area contributed by atoms with Crippen molar-refractivity contribution in [2.24, 2.45) is 0 Å². The molecular formula is C11H18N2O3S. The number of aryl methyl sites for hydroxylation is 2. The molecule has 0 aliphatic carbocycles. The van der Waals surface area contributed by atoms with Gasteiger partial charge in [0.1, 0.15) is 11.5 Å². The van der Waals surface area contributed by atoms with Crippen LogP contribution >= 0.6 is 11.3 Å². The Labute approximate surface area is 105 Å². The summed E-state index contributed by atoms with van der Waals surface area (Å²) < 4.78 is 0. The number of nitrogens with zero attached hydrogens (tertiary/aromatic N) is 1. The van der Waals surface area contributed by atoms with Gasteiger partial charge in [-0.05, 0) is 27.2 Å². The van der Waals surface area contributed by atoms with Crippen molar-refractivity contribution in [2.45, 2.75) is 39.7 Å². The maximum absolute atomic E-state index is 11.7. The first-order valence-electron chi connectivity index (χ1n) is 5.44. The number of amides is 1. The van der Waals surface area contributed by atoms with Crippen LogP contribution in [0.15, 0.2) is 0 Å². The number of carbonyl (C=O) groups is 1. The van der Waals surface area contributed by atoms with Gasteiger partial charge in [-0.2, -0.15) is 0 Å². The van der Waals surface area contributed by atoms with Crippen molar-refractivity contribution < 1.29 is 14.7 Å². The van der Waals surface area contributed by atoms with Crippen molar-refractivity contribution in [3.05, 3.63) is 15.6 Å². The molecule has 0 radical (unpaired) electrons. The maximum atomic E-state index is 11.7. The summed E-state index contributed by atoms with van der Waals surface area (Å²) in [5, 5.41) is 10.3. The fourth-order valence-electron chi connectivity index (χ4n) is 1.14. The van der Waals surface area contributed by atoms with Crippen molar-refractivity contribution in [2.75, 3.05) is 6.61 Å². The van der Waals surface area contributed by atoms with Gasteiger partial charge in [-0.3, -0.25) is 9.63 Å². The zero-order valence-electron chi connectivity index (χ0n) is 10.5. The third-order valence-corrected chi connectivity index (χ3v) is 3.24. The first-order chi connectivity index (χ1) is 7.83. The summed E-state index contributed by atoms with van der Waals surface area (Å²) in [6.45, 7) is 7.03. The Morgan fingerprint density at radius 3 is 2.71 bits per heavy atom. The second kappa shape index (κ2) is 5.57. The Bertz CT molecular complexity index is 396. The topological polar surface area (TPSA) is 71.5 Å². The van der Waals surface area contributed by atoms with E-state index < -0.39 is 5.60 Å². The lowest BCUT2D eigenvalue weighted by molar-refractivity contribution is -0.0521. The Morgan fingerprint density at radius 1 is 1.59 bits per heavy atom. The molecule has 0 bridgehead atoms. The van der Waals surface area contributed by atoms with Crippen LogP contribution in [0.25, 0.3) is 0 Å². The van der Waals surface area contributed by atoms with Gasteiger partial charge in [0.05, 0.1) is 16.3 Å². The van der Waals surface area contributed by atoms with Crippen LogP contribution in [0, 0.1) is 6.92 Å². The highest BCUT2D eigenvalue weighted by molar-refractivity contribution is 7.13. The molecule has 17 heavy (non-hydrogen) atoms. The molecule has 0 atom stereocenters. The highest BCUT2D eigenvalue weighted by Crippen LogP contribution is 2.18.